The maximum atomic E-state index is 13.4. The quantitative estimate of drug-likeness (QED) is 0.574. The van der Waals surface area contributed by atoms with Crippen molar-refractivity contribution in [3.05, 3.63) is 87.8 Å². The number of amides is 1. The van der Waals surface area contributed by atoms with Crippen LogP contribution < -0.4 is 0 Å². The summed E-state index contributed by atoms with van der Waals surface area (Å²) in [5.74, 6) is -0.246. The van der Waals surface area contributed by atoms with E-state index < -0.39 is 16.1 Å². The van der Waals surface area contributed by atoms with Crippen LogP contribution in [0.25, 0.3) is 0 Å². The number of fused-ring (bicyclic) bond motifs is 1. The number of likely N-dealkylation sites (N-methyl/N-ethyl adjacent to an activating group) is 1. The molecule has 0 fully saturated rings. The Kier molecular flexibility index (Phi) is 5.97. The molecule has 8 heteroatoms. The fourth-order valence-electron chi connectivity index (χ4n) is 3.70. The molecule has 30 heavy (non-hydrogen) atoms. The zero-order valence-corrected chi connectivity index (χ0v) is 18.8. The van der Waals surface area contributed by atoms with Gasteiger partial charge in [0.05, 0.1) is 0 Å². The minimum absolute atomic E-state index is 0.173. The second-order valence-corrected chi connectivity index (χ2v) is 10.7. The number of hydrogen-bond acceptors (Lipinski definition) is 4. The number of carbonyl (C=O) groups is 1. The molecule has 1 amide bonds. The molecule has 4 rings (SSSR count). The molecular formula is C22H21ClN2O3S2. The fourth-order valence-corrected chi connectivity index (χ4v) is 6.58. The van der Waals surface area contributed by atoms with Gasteiger partial charge < -0.3 is 4.90 Å². The number of halogens is 1. The van der Waals surface area contributed by atoms with E-state index in [9.17, 15) is 13.2 Å². The van der Waals surface area contributed by atoms with Crippen molar-refractivity contribution in [2.75, 3.05) is 7.05 Å². The Morgan fingerprint density at radius 3 is 2.50 bits per heavy atom. The van der Waals surface area contributed by atoms with E-state index in [2.05, 4.69) is 0 Å². The molecule has 5 nitrogen and oxygen atoms in total. The van der Waals surface area contributed by atoms with Crippen molar-refractivity contribution in [3.8, 4) is 0 Å². The third-order valence-electron chi connectivity index (χ3n) is 5.29. The minimum atomic E-state index is -3.79. The lowest BCUT2D eigenvalue weighted by molar-refractivity contribution is -0.135. The summed E-state index contributed by atoms with van der Waals surface area (Å²) < 4.78 is 28.3. The number of sulfonamides is 1. The van der Waals surface area contributed by atoms with E-state index in [0.29, 0.717) is 18.0 Å². The fraction of sp³-hybridized carbons (Fsp3) is 0.227. The first kappa shape index (κ1) is 21.1. The van der Waals surface area contributed by atoms with Gasteiger partial charge in [0.25, 0.3) is 10.0 Å². The molecule has 1 aliphatic rings. The van der Waals surface area contributed by atoms with Gasteiger partial charge in [-0.15, -0.1) is 11.3 Å². The molecule has 0 spiro atoms. The molecule has 0 saturated carbocycles. The Labute approximate surface area is 185 Å². The van der Waals surface area contributed by atoms with Crippen molar-refractivity contribution in [1.29, 1.82) is 0 Å². The molecule has 156 valence electrons. The van der Waals surface area contributed by atoms with Crippen LogP contribution in [0.1, 0.15) is 16.7 Å². The van der Waals surface area contributed by atoms with Crippen molar-refractivity contribution < 1.29 is 13.2 Å². The predicted molar refractivity (Wildman–Crippen MR) is 119 cm³/mol. The SMILES string of the molecule is CN(Cc1ccccc1Cl)C(=O)C1Cc2ccccc2CN1S(=O)(=O)c1cccs1. The molecule has 2 heterocycles. The average molecular weight is 461 g/mol. The highest BCUT2D eigenvalue weighted by Gasteiger charge is 2.41. The Bertz CT molecular complexity index is 1160. The highest BCUT2D eigenvalue weighted by atomic mass is 35.5. The maximum absolute atomic E-state index is 13.4. The van der Waals surface area contributed by atoms with Crippen molar-refractivity contribution >= 4 is 38.9 Å². The lowest BCUT2D eigenvalue weighted by Crippen LogP contribution is -2.52. The van der Waals surface area contributed by atoms with Crippen LogP contribution in [-0.2, 0) is 34.3 Å². The lowest BCUT2D eigenvalue weighted by Gasteiger charge is -2.36. The largest absolute Gasteiger partial charge is 0.340 e. The first-order chi connectivity index (χ1) is 14.4. The van der Waals surface area contributed by atoms with Crippen LogP contribution in [0.3, 0.4) is 0 Å². The van der Waals surface area contributed by atoms with E-state index >= 15 is 0 Å². The standard InChI is InChI=1S/C22H21ClN2O3S2/c1-24(14-18-9-4-5-10-19(18)23)22(26)20-13-16-7-2-3-8-17(16)15-25(20)30(27,28)21-11-6-12-29-21/h2-12,20H,13-15H2,1H3. The van der Waals surface area contributed by atoms with Gasteiger partial charge in [-0.3, -0.25) is 4.79 Å². The second-order valence-electron chi connectivity index (χ2n) is 7.26. The molecule has 1 aliphatic heterocycles. The van der Waals surface area contributed by atoms with Gasteiger partial charge in [0.1, 0.15) is 10.3 Å². The Hall–Kier alpha value is -2.19. The van der Waals surface area contributed by atoms with Gasteiger partial charge in [-0.1, -0.05) is 60.1 Å². The zero-order chi connectivity index (χ0) is 21.3. The van der Waals surface area contributed by atoms with Crippen LogP contribution in [-0.4, -0.2) is 36.6 Å². The van der Waals surface area contributed by atoms with Gasteiger partial charge in [0, 0.05) is 25.2 Å². The summed E-state index contributed by atoms with van der Waals surface area (Å²) in [6, 6.07) is 17.5. The monoisotopic (exact) mass is 460 g/mol. The number of benzene rings is 2. The van der Waals surface area contributed by atoms with E-state index in [-0.39, 0.29) is 16.7 Å². The lowest BCUT2D eigenvalue weighted by atomic mass is 9.95. The number of carbonyl (C=O) groups excluding carboxylic acids is 1. The third kappa shape index (κ3) is 4.03. The van der Waals surface area contributed by atoms with Crippen LogP contribution in [0.15, 0.2) is 70.3 Å². The van der Waals surface area contributed by atoms with Crippen LogP contribution in [0.4, 0.5) is 0 Å². The number of thiophene rings is 1. The Balaban J connectivity index is 1.67. The molecule has 0 N–H and O–H groups in total. The Morgan fingerprint density at radius 1 is 1.10 bits per heavy atom. The molecule has 1 unspecified atom stereocenters. The number of hydrogen-bond donors (Lipinski definition) is 0. The first-order valence-electron chi connectivity index (χ1n) is 9.48. The molecular weight excluding hydrogens is 440 g/mol. The first-order valence-corrected chi connectivity index (χ1v) is 12.2. The van der Waals surface area contributed by atoms with Crippen molar-refractivity contribution in [2.45, 2.75) is 29.8 Å². The van der Waals surface area contributed by atoms with Crippen molar-refractivity contribution in [2.24, 2.45) is 0 Å². The summed E-state index contributed by atoms with van der Waals surface area (Å²) in [6.45, 7) is 0.482. The summed E-state index contributed by atoms with van der Waals surface area (Å²) in [4.78, 5) is 15.0. The van der Waals surface area contributed by atoms with Gasteiger partial charge >= 0.3 is 0 Å². The van der Waals surface area contributed by atoms with Gasteiger partial charge in [0.15, 0.2) is 0 Å². The smallest absolute Gasteiger partial charge is 0.253 e. The van der Waals surface area contributed by atoms with Gasteiger partial charge in [-0.2, -0.15) is 4.31 Å². The highest BCUT2D eigenvalue weighted by molar-refractivity contribution is 7.91. The van der Waals surface area contributed by atoms with Crippen molar-refractivity contribution in [3.63, 3.8) is 0 Å². The van der Waals surface area contributed by atoms with E-state index in [0.717, 1.165) is 28.0 Å². The number of rotatable bonds is 5. The summed E-state index contributed by atoms with van der Waals surface area (Å²) in [6.07, 6.45) is 0.340. The highest BCUT2D eigenvalue weighted by Crippen LogP contribution is 2.31. The summed E-state index contributed by atoms with van der Waals surface area (Å²) in [5, 5.41) is 2.31. The van der Waals surface area contributed by atoms with Crippen LogP contribution in [0.2, 0.25) is 5.02 Å². The van der Waals surface area contributed by atoms with Crippen LogP contribution >= 0.6 is 22.9 Å². The van der Waals surface area contributed by atoms with Crippen LogP contribution in [0.5, 0.6) is 0 Å². The second kappa shape index (κ2) is 8.51. The molecule has 0 saturated heterocycles. The third-order valence-corrected chi connectivity index (χ3v) is 8.89. The zero-order valence-electron chi connectivity index (χ0n) is 16.4. The molecule has 0 radical (unpaired) electrons. The normalized spacial score (nSPS) is 16.8. The van der Waals surface area contributed by atoms with Gasteiger partial charge in [-0.25, -0.2) is 8.42 Å². The summed E-state index contributed by atoms with van der Waals surface area (Å²) in [7, 11) is -2.11. The predicted octanol–water partition coefficient (Wildman–Crippen LogP) is 4.18. The van der Waals surface area contributed by atoms with E-state index in [1.807, 2.05) is 42.5 Å². The molecule has 1 aromatic heterocycles. The molecule has 0 aliphatic carbocycles. The minimum Gasteiger partial charge on any atom is -0.340 e. The summed E-state index contributed by atoms with van der Waals surface area (Å²) >= 11 is 7.41. The molecule has 0 bridgehead atoms. The molecule has 2 aromatic carbocycles. The maximum Gasteiger partial charge on any atom is 0.253 e. The van der Waals surface area contributed by atoms with Crippen molar-refractivity contribution in [1.82, 2.24) is 9.21 Å². The van der Waals surface area contributed by atoms with Gasteiger partial charge in [0.2, 0.25) is 5.91 Å². The molecule has 3 aromatic rings. The van der Waals surface area contributed by atoms with E-state index in [4.69, 9.17) is 11.6 Å². The summed E-state index contributed by atoms with van der Waals surface area (Å²) in [5.41, 5.74) is 2.74. The Morgan fingerprint density at radius 2 is 1.80 bits per heavy atom. The van der Waals surface area contributed by atoms with E-state index in [1.165, 1.54) is 4.31 Å². The molecule has 1 atom stereocenters. The van der Waals surface area contributed by atoms with Gasteiger partial charge in [-0.05, 0) is 40.6 Å². The average Bonchev–Trinajstić information content (AvgIpc) is 3.30. The number of nitrogens with zero attached hydrogens (tertiary/aromatic N) is 2. The van der Waals surface area contributed by atoms with E-state index in [1.54, 1.807) is 35.5 Å². The van der Waals surface area contributed by atoms with Crippen LogP contribution in [0, 0.1) is 0 Å². The topological polar surface area (TPSA) is 57.7 Å².